The van der Waals surface area contributed by atoms with E-state index in [4.69, 9.17) is 0 Å². The molecule has 2 aromatic carbocycles. The summed E-state index contributed by atoms with van der Waals surface area (Å²) in [5, 5.41) is 2.93. The number of aryl methyl sites for hydroxylation is 2. The van der Waals surface area contributed by atoms with Crippen LogP contribution in [0, 0.1) is 10.5 Å². The average Bonchev–Trinajstić information content (AvgIpc) is 2.39. The summed E-state index contributed by atoms with van der Waals surface area (Å²) in [5.41, 5.74) is 3.97. The number of hydrogen-bond donors (Lipinski definition) is 1. The van der Waals surface area contributed by atoms with Crippen LogP contribution < -0.4 is 5.32 Å². The Balaban J connectivity index is 2.15. The van der Waals surface area contributed by atoms with Crippen molar-refractivity contribution in [1.29, 1.82) is 0 Å². The normalized spacial score (nSPS) is 10.3. The molecule has 2 rings (SSSR count). The van der Waals surface area contributed by atoms with Gasteiger partial charge in [0.15, 0.2) is 0 Å². The monoisotopic (exact) mass is 365 g/mol. The third-order valence-electron chi connectivity index (χ3n) is 2.99. The highest BCUT2D eigenvalue weighted by Crippen LogP contribution is 2.17. The zero-order valence-electron chi connectivity index (χ0n) is 11.0. The lowest BCUT2D eigenvalue weighted by atomic mass is 10.1. The molecule has 0 saturated carbocycles. The van der Waals surface area contributed by atoms with Gasteiger partial charge in [-0.15, -0.1) is 0 Å². The van der Waals surface area contributed by atoms with Crippen molar-refractivity contribution < 1.29 is 4.79 Å². The van der Waals surface area contributed by atoms with Gasteiger partial charge in [-0.3, -0.25) is 4.79 Å². The van der Waals surface area contributed by atoms with E-state index in [2.05, 4.69) is 34.8 Å². The van der Waals surface area contributed by atoms with Crippen molar-refractivity contribution >= 4 is 34.2 Å². The van der Waals surface area contributed by atoms with Crippen LogP contribution in [0.1, 0.15) is 28.4 Å². The number of carbonyl (C=O) groups is 1. The number of rotatable bonds is 3. The lowest BCUT2D eigenvalue weighted by Gasteiger charge is -2.08. The molecular formula is C16H16INO. The summed E-state index contributed by atoms with van der Waals surface area (Å²) in [5.74, 6) is -0.0614. The van der Waals surface area contributed by atoms with Gasteiger partial charge in [0, 0.05) is 9.26 Å². The maximum atomic E-state index is 12.2. The lowest BCUT2D eigenvalue weighted by Crippen LogP contribution is -2.13. The molecule has 0 atom stereocenters. The van der Waals surface area contributed by atoms with E-state index in [9.17, 15) is 4.79 Å². The molecule has 98 valence electrons. The quantitative estimate of drug-likeness (QED) is 0.802. The van der Waals surface area contributed by atoms with Gasteiger partial charge in [-0.1, -0.05) is 30.7 Å². The molecule has 0 aromatic heterocycles. The van der Waals surface area contributed by atoms with Gasteiger partial charge in [-0.2, -0.15) is 0 Å². The van der Waals surface area contributed by atoms with Crippen LogP contribution >= 0.6 is 22.6 Å². The zero-order chi connectivity index (χ0) is 13.8. The molecule has 0 bridgehead atoms. The van der Waals surface area contributed by atoms with E-state index < -0.39 is 0 Å². The molecule has 1 amide bonds. The number of amides is 1. The number of nitrogens with one attached hydrogen (secondary N) is 1. The van der Waals surface area contributed by atoms with E-state index in [1.807, 2.05) is 49.4 Å². The van der Waals surface area contributed by atoms with Crippen LogP contribution in [0.2, 0.25) is 0 Å². The summed E-state index contributed by atoms with van der Waals surface area (Å²) in [6.07, 6.45) is 1.00. The van der Waals surface area contributed by atoms with Gasteiger partial charge >= 0.3 is 0 Å². The van der Waals surface area contributed by atoms with Crippen LogP contribution in [0.3, 0.4) is 0 Å². The molecule has 0 fully saturated rings. The Bertz CT molecular complexity index is 590. The highest BCUT2D eigenvalue weighted by Gasteiger charge is 2.09. The van der Waals surface area contributed by atoms with Crippen LogP contribution in [-0.2, 0) is 6.42 Å². The first-order valence-corrected chi connectivity index (χ1v) is 7.34. The molecule has 2 aromatic rings. The van der Waals surface area contributed by atoms with Gasteiger partial charge in [-0.05, 0) is 65.8 Å². The maximum Gasteiger partial charge on any atom is 0.256 e. The number of halogens is 1. The van der Waals surface area contributed by atoms with E-state index in [0.29, 0.717) is 5.56 Å². The fourth-order valence-corrected chi connectivity index (χ4v) is 2.74. The van der Waals surface area contributed by atoms with Gasteiger partial charge in [0.2, 0.25) is 0 Å². The van der Waals surface area contributed by atoms with E-state index in [1.54, 1.807) is 0 Å². The summed E-state index contributed by atoms with van der Waals surface area (Å²) >= 11 is 2.19. The zero-order valence-corrected chi connectivity index (χ0v) is 13.2. The van der Waals surface area contributed by atoms with Crippen molar-refractivity contribution in [2.75, 3.05) is 5.32 Å². The molecule has 0 heterocycles. The second-order valence-corrected chi connectivity index (χ2v) is 5.65. The van der Waals surface area contributed by atoms with Crippen molar-refractivity contribution in [3.63, 3.8) is 0 Å². The van der Waals surface area contributed by atoms with Gasteiger partial charge in [0.1, 0.15) is 0 Å². The van der Waals surface area contributed by atoms with Crippen LogP contribution in [0.25, 0.3) is 0 Å². The average molecular weight is 365 g/mol. The van der Waals surface area contributed by atoms with Gasteiger partial charge in [0.25, 0.3) is 5.91 Å². The van der Waals surface area contributed by atoms with Crippen LogP contribution in [0.15, 0.2) is 42.5 Å². The van der Waals surface area contributed by atoms with Crippen molar-refractivity contribution in [3.05, 3.63) is 62.7 Å². The second kappa shape index (κ2) is 6.19. The van der Waals surface area contributed by atoms with Crippen molar-refractivity contribution in [2.45, 2.75) is 20.3 Å². The topological polar surface area (TPSA) is 29.1 Å². The van der Waals surface area contributed by atoms with Crippen molar-refractivity contribution in [3.8, 4) is 0 Å². The molecule has 2 nitrogen and oxygen atoms in total. The molecule has 0 aliphatic rings. The van der Waals surface area contributed by atoms with Crippen molar-refractivity contribution in [1.82, 2.24) is 0 Å². The number of benzene rings is 2. The fraction of sp³-hybridized carbons (Fsp3) is 0.188. The minimum absolute atomic E-state index is 0.0614. The van der Waals surface area contributed by atoms with E-state index in [0.717, 1.165) is 21.2 Å². The largest absolute Gasteiger partial charge is 0.322 e. The Morgan fingerprint density at radius 2 is 1.84 bits per heavy atom. The molecule has 19 heavy (non-hydrogen) atoms. The van der Waals surface area contributed by atoms with Crippen LogP contribution in [0.5, 0.6) is 0 Å². The maximum absolute atomic E-state index is 12.2. The van der Waals surface area contributed by atoms with Gasteiger partial charge in [0.05, 0.1) is 5.56 Å². The second-order valence-electron chi connectivity index (χ2n) is 4.49. The van der Waals surface area contributed by atoms with Gasteiger partial charge in [-0.25, -0.2) is 0 Å². The summed E-state index contributed by atoms with van der Waals surface area (Å²) in [6, 6.07) is 13.8. The van der Waals surface area contributed by atoms with Crippen LogP contribution in [0.4, 0.5) is 5.69 Å². The molecule has 0 aliphatic carbocycles. The van der Waals surface area contributed by atoms with E-state index >= 15 is 0 Å². The molecule has 0 saturated heterocycles. The SMILES string of the molecule is CCc1ccc(NC(=O)c2ccc(C)cc2I)cc1. The summed E-state index contributed by atoms with van der Waals surface area (Å²) in [6.45, 7) is 4.13. The predicted octanol–water partition coefficient (Wildman–Crippen LogP) is 4.41. The number of hydrogen-bond acceptors (Lipinski definition) is 1. The van der Waals surface area contributed by atoms with E-state index in [1.165, 1.54) is 5.56 Å². The fourth-order valence-electron chi connectivity index (χ4n) is 1.83. The highest BCUT2D eigenvalue weighted by molar-refractivity contribution is 14.1. The predicted molar refractivity (Wildman–Crippen MR) is 87.7 cm³/mol. The smallest absolute Gasteiger partial charge is 0.256 e. The minimum Gasteiger partial charge on any atom is -0.322 e. The third kappa shape index (κ3) is 3.56. The Hall–Kier alpha value is -1.36. The Kier molecular flexibility index (Phi) is 4.58. The summed E-state index contributed by atoms with van der Waals surface area (Å²) in [7, 11) is 0. The Labute approximate surface area is 127 Å². The third-order valence-corrected chi connectivity index (χ3v) is 3.88. The molecule has 3 heteroatoms. The standard InChI is InChI=1S/C16H16INO/c1-3-12-5-7-13(8-6-12)18-16(19)14-9-4-11(2)10-15(14)17/h4-10H,3H2,1-2H3,(H,18,19). The van der Waals surface area contributed by atoms with Crippen LogP contribution in [-0.4, -0.2) is 5.91 Å². The summed E-state index contributed by atoms with van der Waals surface area (Å²) in [4.78, 5) is 12.2. The lowest BCUT2D eigenvalue weighted by molar-refractivity contribution is 0.102. The summed E-state index contributed by atoms with van der Waals surface area (Å²) < 4.78 is 0.972. The molecule has 0 radical (unpaired) electrons. The first kappa shape index (κ1) is 14.1. The highest BCUT2D eigenvalue weighted by atomic mass is 127. The van der Waals surface area contributed by atoms with Gasteiger partial charge < -0.3 is 5.32 Å². The first-order valence-electron chi connectivity index (χ1n) is 6.26. The molecule has 0 unspecified atom stereocenters. The Morgan fingerprint density at radius 1 is 1.16 bits per heavy atom. The molecule has 0 spiro atoms. The Morgan fingerprint density at radius 3 is 2.42 bits per heavy atom. The molecule has 1 N–H and O–H groups in total. The number of carbonyl (C=O) groups excluding carboxylic acids is 1. The first-order chi connectivity index (χ1) is 9.10. The van der Waals surface area contributed by atoms with Crippen molar-refractivity contribution in [2.24, 2.45) is 0 Å². The minimum atomic E-state index is -0.0614. The molecular weight excluding hydrogens is 349 g/mol. The number of anilines is 1. The molecule has 0 aliphatic heterocycles. The van der Waals surface area contributed by atoms with E-state index in [-0.39, 0.29) is 5.91 Å².